The van der Waals surface area contributed by atoms with Gasteiger partial charge in [-0.05, 0) is 37.5 Å². The number of carbonyl (C=O) groups excluding carboxylic acids is 4. The molecule has 0 unspecified atom stereocenters. The molecule has 2 N–H and O–H groups in total. The summed E-state index contributed by atoms with van der Waals surface area (Å²) < 4.78 is 5.30. The van der Waals surface area contributed by atoms with Crippen LogP contribution in [-0.4, -0.2) is 71.9 Å². The molecule has 2 saturated heterocycles. The van der Waals surface area contributed by atoms with Gasteiger partial charge in [-0.15, -0.1) is 0 Å². The van der Waals surface area contributed by atoms with E-state index in [1.807, 2.05) is 0 Å². The summed E-state index contributed by atoms with van der Waals surface area (Å²) in [6, 6.07) is 4.80. The number of carbonyl (C=O) groups is 4. The number of nitrogens with one attached hydrogen (secondary N) is 2. The maximum atomic E-state index is 12.8. The van der Waals surface area contributed by atoms with Crippen LogP contribution < -0.4 is 10.6 Å². The Hall–Kier alpha value is -2.94. The van der Waals surface area contributed by atoms with Crippen molar-refractivity contribution in [3.63, 3.8) is 0 Å². The average Bonchev–Trinajstić information content (AvgIpc) is 3.33. The molecule has 2 aliphatic heterocycles. The van der Waals surface area contributed by atoms with Gasteiger partial charge >= 0.3 is 6.03 Å². The number of anilines is 1. The monoisotopic (exact) mass is 428 g/mol. The fraction of sp³-hybridized carbons (Fsp3) is 0.545. The number of nitrogens with zero attached hydrogens (tertiary/aromatic N) is 2. The van der Waals surface area contributed by atoms with Crippen LogP contribution in [0.5, 0.6) is 0 Å². The minimum Gasteiger partial charge on any atom is -0.378 e. The van der Waals surface area contributed by atoms with Crippen LogP contribution >= 0.6 is 0 Å². The predicted molar refractivity (Wildman–Crippen MR) is 113 cm³/mol. The summed E-state index contributed by atoms with van der Waals surface area (Å²) in [5.74, 6) is -0.623. The first kappa shape index (κ1) is 21.3. The topological polar surface area (TPSA) is 108 Å². The van der Waals surface area contributed by atoms with Gasteiger partial charge in [0.25, 0.3) is 11.8 Å². The SMILES string of the molecule is Cc1c(NC(=O)CCN2C(=O)NC3(CCCC3)C2=O)cccc1C(=O)N1CCOCC1. The average molecular weight is 428 g/mol. The summed E-state index contributed by atoms with van der Waals surface area (Å²) >= 11 is 0. The van der Waals surface area contributed by atoms with E-state index in [2.05, 4.69) is 10.6 Å². The van der Waals surface area contributed by atoms with E-state index in [1.54, 1.807) is 30.0 Å². The summed E-state index contributed by atoms with van der Waals surface area (Å²) in [5, 5.41) is 5.64. The highest BCUT2D eigenvalue weighted by molar-refractivity contribution is 6.07. The van der Waals surface area contributed by atoms with Gasteiger partial charge < -0.3 is 20.3 Å². The number of rotatable bonds is 5. The van der Waals surface area contributed by atoms with Crippen LogP contribution in [0.4, 0.5) is 10.5 Å². The van der Waals surface area contributed by atoms with Gasteiger partial charge in [0.15, 0.2) is 0 Å². The molecule has 9 heteroatoms. The van der Waals surface area contributed by atoms with Gasteiger partial charge in [-0.2, -0.15) is 0 Å². The van der Waals surface area contributed by atoms with Crippen molar-refractivity contribution in [2.24, 2.45) is 0 Å². The normalized spacial score (nSPS) is 20.3. The Morgan fingerprint density at radius 2 is 1.87 bits per heavy atom. The van der Waals surface area contributed by atoms with Gasteiger partial charge in [0.1, 0.15) is 5.54 Å². The van der Waals surface area contributed by atoms with Crippen molar-refractivity contribution in [2.45, 2.75) is 44.6 Å². The second-order valence-corrected chi connectivity index (χ2v) is 8.36. The van der Waals surface area contributed by atoms with Gasteiger partial charge in [0.05, 0.1) is 13.2 Å². The molecule has 1 spiro atoms. The fourth-order valence-corrected chi connectivity index (χ4v) is 4.56. The first-order valence-electron chi connectivity index (χ1n) is 10.8. The molecular formula is C22H28N4O5. The molecule has 0 radical (unpaired) electrons. The highest BCUT2D eigenvalue weighted by Gasteiger charge is 2.52. The third kappa shape index (κ3) is 4.14. The second-order valence-electron chi connectivity index (χ2n) is 8.36. The number of morpholine rings is 1. The Balaban J connectivity index is 1.37. The Kier molecular flexibility index (Phi) is 5.95. The summed E-state index contributed by atoms with van der Waals surface area (Å²) in [4.78, 5) is 53.2. The number of hydrogen-bond acceptors (Lipinski definition) is 5. The van der Waals surface area contributed by atoms with Crippen LogP contribution in [-0.2, 0) is 14.3 Å². The molecule has 1 aromatic carbocycles. The van der Waals surface area contributed by atoms with E-state index in [4.69, 9.17) is 4.74 Å². The van der Waals surface area contributed by atoms with Crippen LogP contribution in [0.3, 0.4) is 0 Å². The first-order chi connectivity index (χ1) is 14.9. The minimum absolute atomic E-state index is 0.00365. The van der Waals surface area contributed by atoms with Gasteiger partial charge in [-0.1, -0.05) is 18.9 Å². The van der Waals surface area contributed by atoms with Crippen molar-refractivity contribution >= 4 is 29.4 Å². The smallest absolute Gasteiger partial charge is 0.325 e. The van der Waals surface area contributed by atoms with E-state index in [-0.39, 0.29) is 30.7 Å². The molecular weight excluding hydrogens is 400 g/mol. The van der Waals surface area contributed by atoms with E-state index in [1.165, 1.54) is 0 Å². The molecule has 166 valence electrons. The van der Waals surface area contributed by atoms with Crippen molar-refractivity contribution in [3.05, 3.63) is 29.3 Å². The Labute approximate surface area is 181 Å². The Morgan fingerprint density at radius 1 is 1.16 bits per heavy atom. The third-order valence-corrected chi connectivity index (χ3v) is 6.40. The molecule has 5 amide bonds. The fourth-order valence-electron chi connectivity index (χ4n) is 4.56. The molecule has 3 fully saturated rings. The van der Waals surface area contributed by atoms with Gasteiger partial charge in [-0.3, -0.25) is 19.3 Å². The lowest BCUT2D eigenvalue weighted by molar-refractivity contribution is -0.131. The molecule has 2 heterocycles. The molecule has 9 nitrogen and oxygen atoms in total. The van der Waals surface area contributed by atoms with Crippen molar-refractivity contribution in [3.8, 4) is 0 Å². The van der Waals surface area contributed by atoms with Crippen LogP contribution in [0, 0.1) is 6.92 Å². The number of benzene rings is 1. The quantitative estimate of drug-likeness (QED) is 0.694. The largest absolute Gasteiger partial charge is 0.378 e. The van der Waals surface area contributed by atoms with Crippen molar-refractivity contribution < 1.29 is 23.9 Å². The van der Waals surface area contributed by atoms with Crippen LogP contribution in [0.25, 0.3) is 0 Å². The van der Waals surface area contributed by atoms with Crippen molar-refractivity contribution in [2.75, 3.05) is 38.2 Å². The lowest BCUT2D eigenvalue weighted by Crippen LogP contribution is -2.44. The molecule has 0 aromatic heterocycles. The van der Waals surface area contributed by atoms with Crippen LogP contribution in [0.2, 0.25) is 0 Å². The van der Waals surface area contributed by atoms with Gasteiger partial charge in [-0.25, -0.2) is 4.79 Å². The molecule has 0 atom stereocenters. The van der Waals surface area contributed by atoms with E-state index in [0.717, 1.165) is 17.7 Å². The number of amides is 5. The third-order valence-electron chi connectivity index (χ3n) is 6.40. The number of ether oxygens (including phenoxy) is 1. The zero-order valence-corrected chi connectivity index (χ0v) is 17.7. The summed E-state index contributed by atoms with van der Waals surface area (Å²) in [5.41, 5.74) is 1.01. The minimum atomic E-state index is -0.766. The van der Waals surface area contributed by atoms with Crippen molar-refractivity contribution in [1.82, 2.24) is 15.1 Å². The summed E-state index contributed by atoms with van der Waals surface area (Å²) in [6.07, 6.45) is 3.14. The zero-order chi connectivity index (χ0) is 22.0. The van der Waals surface area contributed by atoms with Crippen LogP contribution in [0.15, 0.2) is 18.2 Å². The van der Waals surface area contributed by atoms with Gasteiger partial charge in [0.2, 0.25) is 5.91 Å². The highest BCUT2D eigenvalue weighted by Crippen LogP contribution is 2.35. The maximum absolute atomic E-state index is 12.8. The highest BCUT2D eigenvalue weighted by atomic mass is 16.5. The number of imide groups is 1. The van der Waals surface area contributed by atoms with E-state index in [0.29, 0.717) is 56.0 Å². The molecule has 1 aliphatic carbocycles. The lowest BCUT2D eigenvalue weighted by atomic mass is 9.98. The number of hydrogen-bond donors (Lipinski definition) is 2. The molecule has 4 rings (SSSR count). The molecule has 1 aromatic rings. The van der Waals surface area contributed by atoms with E-state index < -0.39 is 11.6 Å². The standard InChI is InChI=1S/C22H28N4O5/c1-15-16(19(28)25-11-13-31-14-12-25)5-4-6-17(15)23-18(27)7-10-26-20(29)22(24-21(26)30)8-2-3-9-22/h4-6H,2-3,7-14H2,1H3,(H,23,27)(H,24,30). The van der Waals surface area contributed by atoms with E-state index in [9.17, 15) is 19.2 Å². The molecule has 1 saturated carbocycles. The Morgan fingerprint density at radius 3 is 2.58 bits per heavy atom. The molecule has 31 heavy (non-hydrogen) atoms. The maximum Gasteiger partial charge on any atom is 0.325 e. The summed E-state index contributed by atoms with van der Waals surface area (Å²) in [7, 11) is 0. The zero-order valence-electron chi connectivity index (χ0n) is 17.7. The van der Waals surface area contributed by atoms with E-state index >= 15 is 0 Å². The molecule has 3 aliphatic rings. The number of urea groups is 1. The second kappa shape index (κ2) is 8.66. The van der Waals surface area contributed by atoms with Crippen LogP contribution in [0.1, 0.15) is 48.0 Å². The Bertz CT molecular complexity index is 903. The molecule has 0 bridgehead atoms. The van der Waals surface area contributed by atoms with Gasteiger partial charge in [0, 0.05) is 37.3 Å². The van der Waals surface area contributed by atoms with Crippen molar-refractivity contribution in [1.29, 1.82) is 0 Å². The lowest BCUT2D eigenvalue weighted by Gasteiger charge is -2.27. The predicted octanol–water partition coefficient (Wildman–Crippen LogP) is 1.66. The first-order valence-corrected chi connectivity index (χ1v) is 10.8. The summed E-state index contributed by atoms with van der Waals surface area (Å²) in [6.45, 7) is 3.95.